The van der Waals surface area contributed by atoms with Crippen LogP contribution in [0.25, 0.3) is 0 Å². The molecule has 1 aromatic heterocycles. The Morgan fingerprint density at radius 1 is 1.23 bits per heavy atom. The summed E-state index contributed by atoms with van der Waals surface area (Å²) in [5.74, 6) is 0.0792. The van der Waals surface area contributed by atoms with Crippen molar-refractivity contribution >= 4 is 34.0 Å². The van der Waals surface area contributed by atoms with Crippen LogP contribution < -0.4 is 10.2 Å². The van der Waals surface area contributed by atoms with Crippen LogP contribution in [0.3, 0.4) is 0 Å². The summed E-state index contributed by atoms with van der Waals surface area (Å²) in [6, 6.07) is 7.65. The van der Waals surface area contributed by atoms with Crippen LogP contribution in [0.1, 0.15) is 37.9 Å². The molecular weight excluding hydrogens is 400 g/mol. The van der Waals surface area contributed by atoms with E-state index in [9.17, 15) is 9.59 Å². The Bertz CT molecular complexity index is 888. The van der Waals surface area contributed by atoms with Crippen molar-refractivity contribution in [3.8, 4) is 0 Å². The third kappa shape index (κ3) is 5.24. The molecule has 30 heavy (non-hydrogen) atoms. The number of carbonyl (C=O) groups is 2. The summed E-state index contributed by atoms with van der Waals surface area (Å²) in [6.07, 6.45) is 2.25. The van der Waals surface area contributed by atoms with Crippen molar-refractivity contribution in [1.82, 2.24) is 9.88 Å². The summed E-state index contributed by atoms with van der Waals surface area (Å²) in [4.78, 5) is 33.0. The van der Waals surface area contributed by atoms with Gasteiger partial charge in [-0.3, -0.25) is 14.5 Å². The van der Waals surface area contributed by atoms with Crippen LogP contribution >= 0.6 is 11.3 Å². The smallest absolute Gasteiger partial charge is 0.230 e. The van der Waals surface area contributed by atoms with Crippen molar-refractivity contribution in [3.05, 3.63) is 40.9 Å². The second kappa shape index (κ2) is 9.24. The van der Waals surface area contributed by atoms with Crippen molar-refractivity contribution in [3.63, 3.8) is 0 Å². The zero-order valence-corrected chi connectivity index (χ0v) is 18.3. The fourth-order valence-corrected chi connectivity index (χ4v) is 4.86. The molecule has 0 radical (unpaired) electrons. The van der Waals surface area contributed by atoms with E-state index in [0.717, 1.165) is 49.5 Å². The molecule has 0 saturated carbocycles. The van der Waals surface area contributed by atoms with Crippen molar-refractivity contribution < 1.29 is 14.3 Å². The van der Waals surface area contributed by atoms with Gasteiger partial charge in [0.2, 0.25) is 11.8 Å². The first-order valence-corrected chi connectivity index (χ1v) is 11.4. The van der Waals surface area contributed by atoms with Gasteiger partial charge in [0.25, 0.3) is 0 Å². The molecule has 0 bridgehead atoms. The average molecular weight is 429 g/mol. The lowest BCUT2D eigenvalue weighted by Crippen LogP contribution is -2.44. The largest absolute Gasteiger partial charge is 0.373 e. The first kappa shape index (κ1) is 21.0. The van der Waals surface area contributed by atoms with Gasteiger partial charge in [-0.15, -0.1) is 11.3 Å². The van der Waals surface area contributed by atoms with Crippen molar-refractivity contribution in [2.75, 3.05) is 29.9 Å². The maximum Gasteiger partial charge on any atom is 0.230 e. The Balaban J connectivity index is 1.28. The molecule has 2 atom stereocenters. The predicted molar refractivity (Wildman–Crippen MR) is 118 cm³/mol. The number of hydrogen-bond acceptors (Lipinski definition) is 6. The summed E-state index contributed by atoms with van der Waals surface area (Å²) in [5, 5.41) is 5.53. The number of morpholine rings is 1. The number of hydrogen-bond donors (Lipinski definition) is 1. The van der Waals surface area contributed by atoms with Gasteiger partial charge < -0.3 is 15.0 Å². The van der Waals surface area contributed by atoms with Crippen LogP contribution in [0, 0.1) is 0 Å². The van der Waals surface area contributed by atoms with Gasteiger partial charge in [-0.2, -0.15) is 0 Å². The summed E-state index contributed by atoms with van der Waals surface area (Å²) < 4.78 is 5.77. The highest BCUT2D eigenvalue weighted by molar-refractivity contribution is 7.13. The molecule has 3 heterocycles. The second-order valence-electron chi connectivity index (χ2n) is 8.14. The van der Waals surface area contributed by atoms with Gasteiger partial charge in [0.05, 0.1) is 24.3 Å². The number of amides is 2. The highest BCUT2D eigenvalue weighted by Crippen LogP contribution is 2.22. The van der Waals surface area contributed by atoms with E-state index in [1.165, 1.54) is 11.3 Å². The lowest BCUT2D eigenvalue weighted by Gasteiger charge is -2.34. The number of rotatable bonds is 6. The van der Waals surface area contributed by atoms with Gasteiger partial charge in [0.15, 0.2) is 5.13 Å². The van der Waals surface area contributed by atoms with Crippen LogP contribution in [0.4, 0.5) is 10.8 Å². The maximum absolute atomic E-state index is 12.4. The molecule has 160 valence electrons. The van der Waals surface area contributed by atoms with E-state index in [1.807, 2.05) is 29.6 Å². The fourth-order valence-electron chi connectivity index (χ4n) is 4.14. The number of aromatic nitrogens is 1. The molecular formula is C22H28N4O3S. The molecule has 0 aliphatic carbocycles. The second-order valence-corrected chi connectivity index (χ2v) is 8.99. The number of carbonyl (C=O) groups excluding carboxylic acids is 2. The maximum atomic E-state index is 12.4. The number of benzene rings is 1. The molecule has 1 N–H and O–H groups in total. The molecule has 2 aromatic rings. The standard InChI is InChI=1S/C22H28N4O3S/c1-15-11-25(12-16(2)29-15)13-18-14-30-22(23-18)24-20(27)10-17-5-7-19(8-6-17)26-9-3-4-21(26)28/h5-8,14-16H,3-4,9-13H2,1-2H3,(H,23,24,27)/t15-,16-/m1/s1. The fraction of sp³-hybridized carbons (Fsp3) is 0.500. The summed E-state index contributed by atoms with van der Waals surface area (Å²) >= 11 is 1.45. The molecule has 8 heteroatoms. The molecule has 4 rings (SSSR count). The molecule has 0 unspecified atom stereocenters. The third-order valence-corrected chi connectivity index (χ3v) is 6.17. The van der Waals surface area contributed by atoms with Crippen molar-refractivity contribution in [2.45, 2.75) is 51.9 Å². The molecule has 7 nitrogen and oxygen atoms in total. The number of thiazole rings is 1. The van der Waals surface area contributed by atoms with E-state index in [4.69, 9.17) is 4.74 Å². The average Bonchev–Trinajstić information content (AvgIpc) is 3.30. The number of ether oxygens (including phenoxy) is 1. The van der Waals surface area contributed by atoms with Crippen molar-refractivity contribution in [1.29, 1.82) is 0 Å². The molecule has 1 aromatic carbocycles. The first-order chi connectivity index (χ1) is 14.5. The van der Waals surface area contributed by atoms with Crippen LogP contribution in [0.15, 0.2) is 29.6 Å². The summed E-state index contributed by atoms with van der Waals surface area (Å²) in [5.41, 5.74) is 2.78. The van der Waals surface area contributed by atoms with Crippen LogP contribution in [0.2, 0.25) is 0 Å². The first-order valence-electron chi connectivity index (χ1n) is 10.5. The Kier molecular flexibility index (Phi) is 6.46. The quantitative estimate of drug-likeness (QED) is 0.765. The van der Waals surface area contributed by atoms with Gasteiger partial charge in [0, 0.05) is 43.7 Å². The van der Waals surface area contributed by atoms with Crippen LogP contribution in [-0.2, 0) is 27.3 Å². The number of nitrogens with one attached hydrogen (secondary N) is 1. The topological polar surface area (TPSA) is 74.8 Å². The molecule has 2 saturated heterocycles. The van der Waals surface area contributed by atoms with Gasteiger partial charge in [-0.05, 0) is 38.0 Å². The van der Waals surface area contributed by atoms with E-state index in [2.05, 4.69) is 29.0 Å². The van der Waals surface area contributed by atoms with Crippen LogP contribution in [-0.4, -0.2) is 53.5 Å². The molecule has 0 spiro atoms. The molecule has 2 aliphatic heterocycles. The Hall–Kier alpha value is -2.29. The van der Waals surface area contributed by atoms with Gasteiger partial charge >= 0.3 is 0 Å². The zero-order valence-electron chi connectivity index (χ0n) is 17.5. The lowest BCUT2D eigenvalue weighted by molar-refractivity contribution is -0.117. The van der Waals surface area contributed by atoms with Crippen molar-refractivity contribution in [2.24, 2.45) is 0 Å². The monoisotopic (exact) mass is 428 g/mol. The molecule has 2 aliphatic rings. The highest BCUT2D eigenvalue weighted by Gasteiger charge is 2.23. The Morgan fingerprint density at radius 3 is 2.63 bits per heavy atom. The minimum Gasteiger partial charge on any atom is -0.373 e. The summed E-state index contributed by atoms with van der Waals surface area (Å²) in [6.45, 7) is 7.50. The summed E-state index contributed by atoms with van der Waals surface area (Å²) in [7, 11) is 0. The number of anilines is 2. The van der Waals surface area contributed by atoms with Crippen LogP contribution in [0.5, 0.6) is 0 Å². The number of nitrogens with zero attached hydrogens (tertiary/aromatic N) is 3. The lowest BCUT2D eigenvalue weighted by atomic mass is 10.1. The minimum absolute atomic E-state index is 0.0884. The molecule has 2 fully saturated rings. The van der Waals surface area contributed by atoms with E-state index in [1.54, 1.807) is 4.90 Å². The normalized spacial score (nSPS) is 22.5. The Morgan fingerprint density at radius 2 is 1.97 bits per heavy atom. The van der Waals surface area contributed by atoms with E-state index in [-0.39, 0.29) is 30.4 Å². The van der Waals surface area contributed by atoms with Gasteiger partial charge in [0.1, 0.15) is 0 Å². The molecule has 2 amide bonds. The zero-order chi connectivity index (χ0) is 21.1. The van der Waals surface area contributed by atoms with Gasteiger partial charge in [-0.25, -0.2) is 4.98 Å². The predicted octanol–water partition coefficient (Wildman–Crippen LogP) is 3.06. The third-order valence-electron chi connectivity index (χ3n) is 5.37. The van der Waals surface area contributed by atoms with E-state index in [0.29, 0.717) is 11.6 Å². The van der Waals surface area contributed by atoms with E-state index >= 15 is 0 Å². The van der Waals surface area contributed by atoms with E-state index < -0.39 is 0 Å². The minimum atomic E-state index is -0.0884. The van der Waals surface area contributed by atoms with Gasteiger partial charge in [-0.1, -0.05) is 12.1 Å². The highest BCUT2D eigenvalue weighted by atomic mass is 32.1. The Labute approximate surface area is 181 Å². The SMILES string of the molecule is C[C@@H]1CN(Cc2csc(NC(=O)Cc3ccc(N4CCCC4=O)cc3)n2)C[C@@H](C)O1.